The molecule has 176 valence electrons. The normalized spacial score (nSPS) is 13.3. The molecule has 0 aliphatic heterocycles. The molecule has 2 aromatic heterocycles. The first-order chi connectivity index (χ1) is 15.8. The molecule has 32 heavy (non-hydrogen) atoms. The van der Waals surface area contributed by atoms with E-state index in [1.165, 1.54) is 44.9 Å². The van der Waals surface area contributed by atoms with Crippen molar-refractivity contribution in [2.45, 2.75) is 77.6 Å². The Morgan fingerprint density at radius 2 is 1.50 bits per heavy atom. The molecule has 0 unspecified atom stereocenters. The quantitative estimate of drug-likeness (QED) is 0.255. The Hall–Kier alpha value is -2.21. The maximum absolute atomic E-state index is 5.82. The lowest BCUT2D eigenvalue weighted by Crippen LogP contribution is -2.03. The molecule has 3 rings (SSSR count). The van der Waals surface area contributed by atoms with Gasteiger partial charge in [0, 0.05) is 19.3 Å². The summed E-state index contributed by atoms with van der Waals surface area (Å²) in [6.07, 6.45) is 15.4. The molecular weight excluding hydrogens is 402 g/mol. The predicted molar refractivity (Wildman–Crippen MR) is 127 cm³/mol. The molecule has 2 heterocycles. The van der Waals surface area contributed by atoms with Crippen molar-refractivity contribution in [1.29, 1.82) is 0 Å². The van der Waals surface area contributed by atoms with Crippen molar-refractivity contribution < 1.29 is 14.2 Å². The second-order valence-corrected chi connectivity index (χ2v) is 8.65. The number of hydrogen-bond acceptors (Lipinski definition) is 6. The van der Waals surface area contributed by atoms with E-state index in [1.54, 1.807) is 6.20 Å². The minimum atomic E-state index is 0.540. The van der Waals surface area contributed by atoms with Crippen molar-refractivity contribution in [2.75, 3.05) is 26.4 Å². The summed E-state index contributed by atoms with van der Waals surface area (Å²) in [5.41, 5.74) is 1.50. The van der Waals surface area contributed by atoms with Gasteiger partial charge in [-0.2, -0.15) is 0 Å². The Morgan fingerprint density at radius 3 is 2.25 bits per heavy atom. The van der Waals surface area contributed by atoms with Gasteiger partial charge < -0.3 is 14.2 Å². The first-order valence-corrected chi connectivity index (χ1v) is 12.5. The molecule has 0 saturated heterocycles. The Morgan fingerprint density at radius 1 is 0.750 bits per heavy atom. The second kappa shape index (κ2) is 14.8. The van der Waals surface area contributed by atoms with Gasteiger partial charge in [-0.15, -0.1) is 10.2 Å². The minimum Gasteiger partial charge on any atom is -0.492 e. The van der Waals surface area contributed by atoms with E-state index in [0.29, 0.717) is 12.5 Å². The average molecular weight is 442 g/mol. The van der Waals surface area contributed by atoms with E-state index in [0.717, 1.165) is 68.6 Å². The Balaban J connectivity index is 1.27. The lowest BCUT2D eigenvalue weighted by atomic mass is 10.1. The summed E-state index contributed by atoms with van der Waals surface area (Å²) >= 11 is 0. The van der Waals surface area contributed by atoms with Gasteiger partial charge in [-0.25, -0.2) is 0 Å². The summed E-state index contributed by atoms with van der Waals surface area (Å²) in [6.45, 7) is 5.19. The molecule has 6 nitrogen and oxygen atoms in total. The minimum absolute atomic E-state index is 0.540. The summed E-state index contributed by atoms with van der Waals surface area (Å²) in [6, 6.07) is 7.61. The van der Waals surface area contributed by atoms with Crippen LogP contribution >= 0.6 is 0 Å². The standard InChI is InChI=1S/C26H39N3O3/c1-2-3-17-30-18-8-9-20-32-26-16-15-25(28-29-26)24-14-13-23(21-27-24)31-19-7-5-4-6-10-22-11-12-22/h13-16,21-22H,2-12,17-20H2,1H3. The zero-order chi connectivity index (χ0) is 22.3. The van der Waals surface area contributed by atoms with Crippen molar-refractivity contribution in [3.63, 3.8) is 0 Å². The molecule has 2 aromatic rings. The molecule has 0 N–H and O–H groups in total. The lowest BCUT2D eigenvalue weighted by Gasteiger charge is -2.07. The molecule has 1 aliphatic carbocycles. The number of unbranched alkanes of at least 4 members (excludes halogenated alkanes) is 5. The fourth-order valence-corrected chi connectivity index (χ4v) is 3.47. The van der Waals surface area contributed by atoms with Crippen LogP contribution in [0.15, 0.2) is 30.5 Å². The van der Waals surface area contributed by atoms with Gasteiger partial charge in [0.15, 0.2) is 0 Å². The summed E-state index contributed by atoms with van der Waals surface area (Å²) in [5, 5.41) is 8.41. The SMILES string of the molecule is CCCCOCCCCOc1ccc(-c2ccc(OCCCCCCC3CC3)cn2)nn1. The van der Waals surface area contributed by atoms with Gasteiger partial charge in [0.2, 0.25) is 5.88 Å². The molecule has 1 fully saturated rings. The van der Waals surface area contributed by atoms with E-state index < -0.39 is 0 Å². The second-order valence-electron chi connectivity index (χ2n) is 8.65. The third-order valence-corrected chi connectivity index (χ3v) is 5.69. The van der Waals surface area contributed by atoms with Crippen LogP contribution in [0.3, 0.4) is 0 Å². The van der Waals surface area contributed by atoms with Gasteiger partial charge in [0.1, 0.15) is 11.4 Å². The number of rotatable bonds is 18. The molecule has 1 saturated carbocycles. The van der Waals surface area contributed by atoms with Crippen LogP contribution in [0, 0.1) is 5.92 Å². The number of hydrogen-bond donors (Lipinski definition) is 0. The van der Waals surface area contributed by atoms with Crippen molar-refractivity contribution in [2.24, 2.45) is 5.92 Å². The van der Waals surface area contributed by atoms with Gasteiger partial charge >= 0.3 is 0 Å². The summed E-state index contributed by atoms with van der Waals surface area (Å²) in [4.78, 5) is 4.47. The first kappa shape index (κ1) is 24.4. The van der Waals surface area contributed by atoms with E-state index in [4.69, 9.17) is 14.2 Å². The third kappa shape index (κ3) is 9.94. The molecule has 0 bridgehead atoms. The smallest absolute Gasteiger partial charge is 0.233 e. The van der Waals surface area contributed by atoms with Crippen LogP contribution < -0.4 is 9.47 Å². The maximum atomic E-state index is 5.82. The van der Waals surface area contributed by atoms with E-state index in [9.17, 15) is 0 Å². The molecule has 1 aliphatic rings. The highest BCUT2D eigenvalue weighted by Gasteiger charge is 2.19. The maximum Gasteiger partial charge on any atom is 0.233 e. The van der Waals surface area contributed by atoms with Gasteiger partial charge in [-0.1, -0.05) is 51.9 Å². The monoisotopic (exact) mass is 441 g/mol. The van der Waals surface area contributed by atoms with Gasteiger partial charge in [0.05, 0.1) is 25.1 Å². The Bertz CT molecular complexity index is 733. The van der Waals surface area contributed by atoms with Crippen molar-refractivity contribution in [1.82, 2.24) is 15.2 Å². The molecule has 0 atom stereocenters. The van der Waals surface area contributed by atoms with Crippen molar-refractivity contribution in [3.05, 3.63) is 30.5 Å². The van der Waals surface area contributed by atoms with Crippen molar-refractivity contribution in [3.8, 4) is 23.0 Å². The summed E-state index contributed by atoms with van der Waals surface area (Å²) < 4.78 is 17.0. The molecule has 0 radical (unpaired) electrons. The number of aromatic nitrogens is 3. The largest absolute Gasteiger partial charge is 0.492 e. The Kier molecular flexibility index (Phi) is 11.3. The summed E-state index contributed by atoms with van der Waals surface area (Å²) in [7, 11) is 0. The van der Waals surface area contributed by atoms with Crippen LogP contribution in [-0.4, -0.2) is 41.6 Å². The van der Waals surface area contributed by atoms with Crippen LogP contribution in [0.4, 0.5) is 0 Å². The van der Waals surface area contributed by atoms with Crippen molar-refractivity contribution >= 4 is 0 Å². The van der Waals surface area contributed by atoms with Crippen LogP contribution in [0.1, 0.15) is 77.6 Å². The first-order valence-electron chi connectivity index (χ1n) is 12.5. The number of ether oxygens (including phenoxy) is 3. The van der Waals surface area contributed by atoms with Crippen LogP contribution in [-0.2, 0) is 4.74 Å². The number of nitrogens with zero attached hydrogens (tertiary/aromatic N) is 3. The fraction of sp³-hybridized carbons (Fsp3) is 0.654. The van der Waals surface area contributed by atoms with E-state index in [2.05, 4.69) is 22.1 Å². The van der Waals surface area contributed by atoms with Gasteiger partial charge in [-0.3, -0.25) is 4.98 Å². The highest BCUT2D eigenvalue weighted by atomic mass is 16.5. The molecule has 0 aromatic carbocycles. The lowest BCUT2D eigenvalue weighted by molar-refractivity contribution is 0.123. The molecule has 0 amide bonds. The molecule has 6 heteroatoms. The number of pyridine rings is 1. The Labute approximate surface area is 193 Å². The molecular formula is C26H39N3O3. The average Bonchev–Trinajstić information content (AvgIpc) is 3.65. The van der Waals surface area contributed by atoms with Gasteiger partial charge in [-0.05, 0) is 49.8 Å². The van der Waals surface area contributed by atoms with Crippen LogP contribution in [0.2, 0.25) is 0 Å². The highest BCUT2D eigenvalue weighted by Crippen LogP contribution is 2.34. The predicted octanol–water partition coefficient (Wildman–Crippen LogP) is 6.25. The fourth-order valence-electron chi connectivity index (χ4n) is 3.47. The van der Waals surface area contributed by atoms with Gasteiger partial charge in [0.25, 0.3) is 0 Å². The third-order valence-electron chi connectivity index (χ3n) is 5.69. The summed E-state index contributed by atoms with van der Waals surface area (Å²) in [5.74, 6) is 2.39. The van der Waals surface area contributed by atoms with E-state index in [1.807, 2.05) is 24.3 Å². The van der Waals surface area contributed by atoms with E-state index in [-0.39, 0.29) is 0 Å². The zero-order valence-electron chi connectivity index (χ0n) is 19.6. The molecule has 0 spiro atoms. The highest BCUT2D eigenvalue weighted by molar-refractivity contribution is 5.54. The van der Waals surface area contributed by atoms with E-state index >= 15 is 0 Å². The topological polar surface area (TPSA) is 66.4 Å². The zero-order valence-corrected chi connectivity index (χ0v) is 19.6. The van der Waals surface area contributed by atoms with Crippen LogP contribution in [0.25, 0.3) is 11.4 Å². The van der Waals surface area contributed by atoms with Crippen LogP contribution in [0.5, 0.6) is 11.6 Å².